The van der Waals surface area contributed by atoms with E-state index in [2.05, 4.69) is 4.98 Å². The number of nitriles is 2. The van der Waals surface area contributed by atoms with Gasteiger partial charge >= 0.3 is 0 Å². The molecule has 0 saturated heterocycles. The summed E-state index contributed by atoms with van der Waals surface area (Å²) in [4.78, 5) is 14.3. The second-order valence-corrected chi connectivity index (χ2v) is 5.39. The third-order valence-corrected chi connectivity index (χ3v) is 3.74. The normalized spacial score (nSPS) is 10.1. The number of aromatic nitrogens is 1. The summed E-state index contributed by atoms with van der Waals surface area (Å²) in [6.07, 6.45) is 0. The molecule has 1 aromatic heterocycles. The van der Waals surface area contributed by atoms with Crippen LogP contribution in [0.15, 0.2) is 47.3 Å². The van der Waals surface area contributed by atoms with E-state index in [-0.39, 0.29) is 39.6 Å². The van der Waals surface area contributed by atoms with E-state index in [0.29, 0.717) is 0 Å². The Balaban J connectivity index is 2.24. The van der Waals surface area contributed by atoms with Crippen LogP contribution in [0, 0.1) is 34.3 Å². The predicted octanol–water partition coefficient (Wildman–Crippen LogP) is 3.44. The number of H-pyrrole nitrogens is 1. The van der Waals surface area contributed by atoms with Gasteiger partial charge in [0.1, 0.15) is 40.6 Å². The summed E-state index contributed by atoms with van der Waals surface area (Å²) in [6, 6.07) is 12.8. The quantitative estimate of drug-likeness (QED) is 0.738. The smallest absolute Gasteiger partial charge is 0.268 e. The molecule has 0 saturated carbocycles. The van der Waals surface area contributed by atoms with Crippen LogP contribution in [0.25, 0.3) is 11.1 Å². The van der Waals surface area contributed by atoms with Gasteiger partial charge in [-0.25, -0.2) is 8.78 Å². The van der Waals surface area contributed by atoms with Crippen LogP contribution in [0.4, 0.5) is 14.6 Å². The number of pyridine rings is 1. The summed E-state index contributed by atoms with van der Waals surface area (Å²) in [5.41, 5.74) is 4.76. The molecule has 0 amide bonds. The Kier molecular flexibility index (Phi) is 4.56. The first-order valence-corrected chi connectivity index (χ1v) is 7.54. The maximum Gasteiger partial charge on any atom is 0.268 e. The lowest BCUT2D eigenvalue weighted by atomic mass is 9.96. The number of para-hydroxylation sites is 1. The number of nitrogens with two attached hydrogens (primary N) is 1. The van der Waals surface area contributed by atoms with E-state index >= 15 is 0 Å². The summed E-state index contributed by atoms with van der Waals surface area (Å²) < 4.78 is 32.2. The topological polar surface area (TPSA) is 116 Å². The van der Waals surface area contributed by atoms with Crippen LogP contribution in [0.1, 0.15) is 11.1 Å². The standard InChI is InChI=1S/C19H10F2N4O2/c20-14-6-5-10(7-15(14)21)27-16-4-2-1-3-11(16)17-12(8-22)18(24)25-19(26)13(17)9-23/h1-7H,(H3,24,25,26). The highest BCUT2D eigenvalue weighted by Crippen LogP contribution is 2.37. The molecule has 3 aromatic rings. The molecule has 27 heavy (non-hydrogen) atoms. The van der Waals surface area contributed by atoms with E-state index in [4.69, 9.17) is 10.5 Å². The number of hydrogen-bond donors (Lipinski definition) is 2. The number of hydrogen-bond acceptors (Lipinski definition) is 5. The van der Waals surface area contributed by atoms with Crippen molar-refractivity contribution in [1.29, 1.82) is 10.5 Å². The first kappa shape index (κ1) is 17.6. The number of anilines is 1. The van der Waals surface area contributed by atoms with Gasteiger partial charge in [-0.05, 0) is 18.2 Å². The highest BCUT2D eigenvalue weighted by atomic mass is 19.2. The van der Waals surface area contributed by atoms with E-state index in [1.807, 2.05) is 6.07 Å². The van der Waals surface area contributed by atoms with Crippen LogP contribution >= 0.6 is 0 Å². The van der Waals surface area contributed by atoms with E-state index < -0.39 is 17.2 Å². The molecule has 0 atom stereocenters. The first-order valence-electron chi connectivity index (χ1n) is 7.54. The summed E-state index contributed by atoms with van der Waals surface area (Å²) >= 11 is 0. The molecule has 0 aliphatic rings. The second-order valence-electron chi connectivity index (χ2n) is 5.39. The van der Waals surface area contributed by atoms with Crippen molar-refractivity contribution in [3.8, 4) is 34.8 Å². The third-order valence-electron chi connectivity index (χ3n) is 3.74. The fourth-order valence-corrected chi connectivity index (χ4v) is 2.54. The lowest BCUT2D eigenvalue weighted by molar-refractivity contribution is 0.462. The fraction of sp³-hybridized carbons (Fsp3) is 0. The highest BCUT2D eigenvalue weighted by molar-refractivity contribution is 5.83. The van der Waals surface area contributed by atoms with Gasteiger partial charge in [0.25, 0.3) is 5.56 Å². The molecule has 0 radical (unpaired) electrons. The monoisotopic (exact) mass is 364 g/mol. The Bertz CT molecular complexity index is 1190. The van der Waals surface area contributed by atoms with Crippen molar-refractivity contribution >= 4 is 5.82 Å². The number of ether oxygens (including phenoxy) is 1. The van der Waals surface area contributed by atoms with Crippen LogP contribution in [0.5, 0.6) is 11.5 Å². The zero-order chi connectivity index (χ0) is 19.6. The lowest BCUT2D eigenvalue weighted by Crippen LogP contribution is -2.16. The Labute approximate surface area is 151 Å². The average Bonchev–Trinajstić information content (AvgIpc) is 2.65. The molecule has 2 aromatic carbocycles. The molecular weight excluding hydrogens is 354 g/mol. The minimum Gasteiger partial charge on any atom is -0.457 e. The number of rotatable bonds is 3. The van der Waals surface area contributed by atoms with Gasteiger partial charge in [-0.15, -0.1) is 0 Å². The van der Waals surface area contributed by atoms with Crippen LogP contribution < -0.4 is 16.0 Å². The van der Waals surface area contributed by atoms with Gasteiger partial charge < -0.3 is 15.5 Å². The molecular formula is C19H10F2N4O2. The van der Waals surface area contributed by atoms with Crippen molar-refractivity contribution in [2.45, 2.75) is 0 Å². The van der Waals surface area contributed by atoms with Crippen molar-refractivity contribution in [1.82, 2.24) is 4.98 Å². The maximum absolute atomic E-state index is 13.4. The van der Waals surface area contributed by atoms with E-state index in [1.54, 1.807) is 18.2 Å². The van der Waals surface area contributed by atoms with Gasteiger partial charge in [0.05, 0.1) is 0 Å². The average molecular weight is 364 g/mol. The molecule has 0 bridgehead atoms. The number of halogens is 2. The Morgan fingerprint density at radius 3 is 2.37 bits per heavy atom. The van der Waals surface area contributed by atoms with Crippen molar-refractivity contribution in [3.63, 3.8) is 0 Å². The molecule has 3 rings (SSSR count). The van der Waals surface area contributed by atoms with Gasteiger partial charge in [-0.1, -0.05) is 18.2 Å². The number of nitrogens with zero attached hydrogens (tertiary/aromatic N) is 2. The largest absolute Gasteiger partial charge is 0.457 e. The Morgan fingerprint density at radius 2 is 1.70 bits per heavy atom. The van der Waals surface area contributed by atoms with Crippen molar-refractivity contribution in [2.24, 2.45) is 0 Å². The van der Waals surface area contributed by atoms with Crippen LogP contribution in [-0.4, -0.2) is 4.98 Å². The molecule has 6 nitrogen and oxygen atoms in total. The van der Waals surface area contributed by atoms with E-state index in [0.717, 1.165) is 12.1 Å². The molecule has 3 N–H and O–H groups in total. The Morgan fingerprint density at radius 1 is 1.00 bits per heavy atom. The van der Waals surface area contributed by atoms with Crippen molar-refractivity contribution in [3.05, 3.63) is 75.6 Å². The van der Waals surface area contributed by atoms with Crippen molar-refractivity contribution in [2.75, 3.05) is 5.73 Å². The summed E-state index contributed by atoms with van der Waals surface area (Å²) in [5.74, 6) is -2.20. The zero-order valence-corrected chi connectivity index (χ0v) is 13.6. The summed E-state index contributed by atoms with van der Waals surface area (Å²) in [5, 5.41) is 18.8. The lowest BCUT2D eigenvalue weighted by Gasteiger charge is -2.14. The number of nitrogen functional groups attached to an aromatic ring is 1. The van der Waals surface area contributed by atoms with Crippen LogP contribution in [0.3, 0.4) is 0 Å². The number of benzene rings is 2. The molecule has 0 aliphatic carbocycles. The van der Waals surface area contributed by atoms with E-state index in [1.165, 1.54) is 18.2 Å². The van der Waals surface area contributed by atoms with Gasteiger partial charge in [0.15, 0.2) is 11.6 Å². The predicted molar refractivity (Wildman–Crippen MR) is 92.8 cm³/mol. The van der Waals surface area contributed by atoms with Crippen LogP contribution in [-0.2, 0) is 0 Å². The zero-order valence-electron chi connectivity index (χ0n) is 13.6. The van der Waals surface area contributed by atoms with Gasteiger partial charge in [0.2, 0.25) is 0 Å². The summed E-state index contributed by atoms with van der Waals surface area (Å²) in [7, 11) is 0. The highest BCUT2D eigenvalue weighted by Gasteiger charge is 2.21. The maximum atomic E-state index is 13.4. The molecule has 0 unspecified atom stereocenters. The van der Waals surface area contributed by atoms with Gasteiger partial charge in [0, 0.05) is 17.2 Å². The Hall–Kier alpha value is -4.17. The minimum absolute atomic E-state index is 0.000524. The molecule has 0 spiro atoms. The second kappa shape index (κ2) is 6.98. The molecule has 1 heterocycles. The van der Waals surface area contributed by atoms with Crippen LogP contribution in [0.2, 0.25) is 0 Å². The van der Waals surface area contributed by atoms with Gasteiger partial charge in [-0.3, -0.25) is 4.79 Å². The fourth-order valence-electron chi connectivity index (χ4n) is 2.54. The van der Waals surface area contributed by atoms with E-state index in [9.17, 15) is 24.1 Å². The van der Waals surface area contributed by atoms with Crippen molar-refractivity contribution < 1.29 is 13.5 Å². The first-order chi connectivity index (χ1) is 13.0. The molecule has 8 heteroatoms. The minimum atomic E-state index is -1.10. The SMILES string of the molecule is N#Cc1c(N)[nH]c(=O)c(C#N)c1-c1ccccc1Oc1ccc(F)c(F)c1. The molecule has 0 aliphatic heterocycles. The third kappa shape index (κ3) is 3.20. The molecule has 0 fully saturated rings. The number of aromatic amines is 1. The number of nitrogens with one attached hydrogen (secondary N) is 1. The van der Waals surface area contributed by atoms with Gasteiger partial charge in [-0.2, -0.15) is 10.5 Å². The summed E-state index contributed by atoms with van der Waals surface area (Å²) in [6.45, 7) is 0. The molecule has 132 valence electrons.